The van der Waals surface area contributed by atoms with Crippen molar-refractivity contribution in [3.8, 4) is 0 Å². The van der Waals surface area contributed by atoms with Crippen molar-refractivity contribution in [2.24, 2.45) is 17.3 Å². The molecule has 1 aromatic heterocycles. The largest absolute Gasteiger partial charge is 0.354 e. The Bertz CT molecular complexity index is 714. The number of hydrogen-bond acceptors (Lipinski definition) is 4. The highest BCUT2D eigenvalue weighted by Crippen LogP contribution is 2.46. The second-order valence-electron chi connectivity index (χ2n) is 9.04. The second kappa shape index (κ2) is 6.62. The SMILES string of the molecule is O=C(NCC1(Cn2cccn2)CC1)[C@H]1[C@@H]2CNC[C@@H](C2)[C@@H]2CCCC(=O)N21. The summed E-state index contributed by atoms with van der Waals surface area (Å²) in [5.41, 5.74) is 0.134. The first-order valence-electron chi connectivity index (χ1n) is 10.4. The highest BCUT2D eigenvalue weighted by atomic mass is 16.2. The Morgan fingerprint density at radius 2 is 2.19 bits per heavy atom. The number of nitrogens with zero attached hydrogens (tertiary/aromatic N) is 3. The van der Waals surface area contributed by atoms with E-state index in [1.165, 1.54) is 0 Å². The Kier molecular flexibility index (Phi) is 4.22. The van der Waals surface area contributed by atoms with Gasteiger partial charge in [-0.1, -0.05) is 0 Å². The smallest absolute Gasteiger partial charge is 0.243 e. The Labute approximate surface area is 159 Å². The van der Waals surface area contributed by atoms with Crippen LogP contribution < -0.4 is 10.6 Å². The number of carbonyl (C=O) groups is 2. The van der Waals surface area contributed by atoms with E-state index in [0.717, 1.165) is 51.7 Å². The first kappa shape index (κ1) is 17.2. The summed E-state index contributed by atoms with van der Waals surface area (Å²) in [5, 5.41) is 11.0. The van der Waals surface area contributed by atoms with Gasteiger partial charge in [-0.2, -0.15) is 5.10 Å². The maximum absolute atomic E-state index is 13.2. The second-order valence-corrected chi connectivity index (χ2v) is 9.04. The Morgan fingerprint density at radius 1 is 1.33 bits per heavy atom. The van der Waals surface area contributed by atoms with Crippen LogP contribution in [0.5, 0.6) is 0 Å². The van der Waals surface area contributed by atoms with Gasteiger partial charge in [0.05, 0.1) is 0 Å². The van der Waals surface area contributed by atoms with Crippen LogP contribution in [-0.2, 0) is 16.1 Å². The molecule has 3 aliphatic heterocycles. The zero-order chi connectivity index (χ0) is 18.4. The fraction of sp³-hybridized carbons (Fsp3) is 0.750. The average Bonchev–Trinajstić information content (AvgIpc) is 3.24. The minimum Gasteiger partial charge on any atom is -0.354 e. The van der Waals surface area contributed by atoms with Gasteiger partial charge < -0.3 is 15.5 Å². The topological polar surface area (TPSA) is 79.3 Å². The Hall–Kier alpha value is -1.89. The number of piperidine rings is 3. The van der Waals surface area contributed by atoms with E-state index in [-0.39, 0.29) is 35.2 Å². The number of fused-ring (bicyclic) bond motifs is 4. The van der Waals surface area contributed by atoms with E-state index < -0.39 is 0 Å². The molecule has 7 nitrogen and oxygen atoms in total. The zero-order valence-corrected chi connectivity index (χ0v) is 15.8. The molecule has 0 aromatic carbocycles. The number of nitrogens with one attached hydrogen (secondary N) is 2. The molecule has 27 heavy (non-hydrogen) atoms. The van der Waals surface area contributed by atoms with Gasteiger partial charge in [0.1, 0.15) is 6.04 Å². The molecule has 0 radical (unpaired) electrons. The molecule has 4 aliphatic rings. The van der Waals surface area contributed by atoms with E-state index in [4.69, 9.17) is 0 Å². The van der Waals surface area contributed by atoms with Gasteiger partial charge in [0.15, 0.2) is 0 Å². The maximum Gasteiger partial charge on any atom is 0.243 e. The van der Waals surface area contributed by atoms with E-state index in [0.29, 0.717) is 18.9 Å². The highest BCUT2D eigenvalue weighted by molar-refractivity contribution is 5.89. The molecule has 0 spiro atoms. The highest BCUT2D eigenvalue weighted by Gasteiger charge is 2.51. The van der Waals surface area contributed by atoms with Crippen LogP contribution in [0.25, 0.3) is 0 Å². The molecule has 2 N–H and O–H groups in total. The van der Waals surface area contributed by atoms with Crippen LogP contribution in [0, 0.1) is 17.3 Å². The van der Waals surface area contributed by atoms with Crippen molar-refractivity contribution >= 4 is 11.8 Å². The fourth-order valence-electron chi connectivity index (χ4n) is 5.54. The summed E-state index contributed by atoms with van der Waals surface area (Å²) in [6.45, 7) is 3.34. The number of rotatable bonds is 5. The van der Waals surface area contributed by atoms with Crippen molar-refractivity contribution in [3.63, 3.8) is 0 Å². The van der Waals surface area contributed by atoms with Gasteiger partial charge in [-0.25, -0.2) is 0 Å². The van der Waals surface area contributed by atoms with E-state index >= 15 is 0 Å². The van der Waals surface area contributed by atoms with Gasteiger partial charge in [-0.3, -0.25) is 14.3 Å². The predicted molar refractivity (Wildman–Crippen MR) is 99.6 cm³/mol. The van der Waals surface area contributed by atoms with Crippen molar-refractivity contribution < 1.29 is 9.59 Å². The third-order valence-corrected chi connectivity index (χ3v) is 7.16. The molecule has 7 heteroatoms. The average molecular weight is 371 g/mol. The van der Waals surface area contributed by atoms with Crippen LogP contribution in [0.4, 0.5) is 0 Å². The molecule has 4 heterocycles. The molecule has 2 bridgehead atoms. The van der Waals surface area contributed by atoms with Gasteiger partial charge >= 0.3 is 0 Å². The minimum absolute atomic E-state index is 0.0501. The van der Waals surface area contributed by atoms with Crippen LogP contribution in [0.2, 0.25) is 0 Å². The molecule has 4 atom stereocenters. The lowest BCUT2D eigenvalue weighted by Crippen LogP contribution is -2.68. The van der Waals surface area contributed by atoms with Crippen LogP contribution in [0.3, 0.4) is 0 Å². The first-order chi connectivity index (χ1) is 13.2. The molecule has 1 saturated carbocycles. The molecule has 5 rings (SSSR count). The van der Waals surface area contributed by atoms with Crippen LogP contribution in [0.1, 0.15) is 38.5 Å². The summed E-state index contributed by atoms with van der Waals surface area (Å²) < 4.78 is 1.96. The van der Waals surface area contributed by atoms with Gasteiger partial charge in [-0.05, 0) is 50.6 Å². The van der Waals surface area contributed by atoms with E-state index in [1.807, 2.05) is 21.8 Å². The zero-order valence-electron chi connectivity index (χ0n) is 15.8. The monoisotopic (exact) mass is 371 g/mol. The molecule has 146 valence electrons. The van der Waals surface area contributed by atoms with Gasteiger partial charge in [0.25, 0.3) is 0 Å². The summed E-state index contributed by atoms with van der Waals surface area (Å²) in [4.78, 5) is 27.9. The summed E-state index contributed by atoms with van der Waals surface area (Å²) in [6, 6.07) is 1.88. The summed E-state index contributed by atoms with van der Waals surface area (Å²) in [6.07, 6.45) is 9.68. The van der Waals surface area contributed by atoms with Gasteiger partial charge in [0.2, 0.25) is 11.8 Å². The molecule has 0 unspecified atom stereocenters. The van der Waals surface area contributed by atoms with Crippen molar-refractivity contribution in [1.29, 1.82) is 0 Å². The summed E-state index contributed by atoms with van der Waals surface area (Å²) in [7, 11) is 0. The van der Waals surface area contributed by atoms with E-state index in [9.17, 15) is 9.59 Å². The number of aromatic nitrogens is 2. The lowest BCUT2D eigenvalue weighted by atomic mass is 9.72. The lowest BCUT2D eigenvalue weighted by molar-refractivity contribution is -0.157. The third-order valence-electron chi connectivity index (χ3n) is 7.16. The maximum atomic E-state index is 13.2. The van der Waals surface area contributed by atoms with Crippen LogP contribution in [-0.4, -0.2) is 58.2 Å². The molecule has 1 aromatic rings. The Morgan fingerprint density at radius 3 is 2.96 bits per heavy atom. The first-order valence-corrected chi connectivity index (χ1v) is 10.4. The predicted octanol–water partition coefficient (Wildman–Crippen LogP) is 0.769. The molecule has 4 fully saturated rings. The van der Waals surface area contributed by atoms with Crippen LogP contribution >= 0.6 is 0 Å². The molecule has 2 amide bonds. The van der Waals surface area contributed by atoms with Crippen molar-refractivity contribution in [2.75, 3.05) is 19.6 Å². The standard InChI is InChI=1S/C20H29N5O2/c26-17-4-1-3-16-14-9-15(11-21-10-14)18(25(16)17)19(27)22-12-20(5-6-20)13-24-8-2-7-23-24/h2,7-8,14-16,18,21H,1,3-6,9-13H2,(H,22,27)/t14-,15+,16+,18-/m1/s1. The molecular weight excluding hydrogens is 342 g/mol. The quantitative estimate of drug-likeness (QED) is 0.801. The van der Waals surface area contributed by atoms with Crippen molar-refractivity contribution in [3.05, 3.63) is 18.5 Å². The molecule has 3 saturated heterocycles. The van der Waals surface area contributed by atoms with Gasteiger partial charge in [-0.15, -0.1) is 0 Å². The van der Waals surface area contributed by atoms with E-state index in [1.54, 1.807) is 6.20 Å². The molecular formula is C20H29N5O2. The molecule has 1 aliphatic carbocycles. The normalized spacial score (nSPS) is 34.1. The third kappa shape index (κ3) is 3.16. The van der Waals surface area contributed by atoms with E-state index in [2.05, 4.69) is 15.7 Å². The number of amides is 2. The van der Waals surface area contributed by atoms with Crippen molar-refractivity contribution in [1.82, 2.24) is 25.3 Å². The number of hydrogen-bond donors (Lipinski definition) is 2. The summed E-state index contributed by atoms with van der Waals surface area (Å²) in [5.74, 6) is 0.977. The van der Waals surface area contributed by atoms with Crippen molar-refractivity contribution in [2.45, 2.75) is 57.2 Å². The minimum atomic E-state index is -0.299. The van der Waals surface area contributed by atoms with Crippen LogP contribution in [0.15, 0.2) is 18.5 Å². The lowest BCUT2D eigenvalue weighted by Gasteiger charge is -2.53. The fourth-order valence-corrected chi connectivity index (χ4v) is 5.54. The Balaban J connectivity index is 1.29. The number of carbonyl (C=O) groups excluding carboxylic acids is 2. The summed E-state index contributed by atoms with van der Waals surface area (Å²) >= 11 is 0. The van der Waals surface area contributed by atoms with Gasteiger partial charge in [0, 0.05) is 55.8 Å².